The molecule has 0 fully saturated rings. The number of nitrogens with zero attached hydrogens (tertiary/aromatic N) is 1. The van der Waals surface area contributed by atoms with Crippen molar-refractivity contribution in [3.05, 3.63) is 23.8 Å². The predicted molar refractivity (Wildman–Crippen MR) is 55.0 cm³/mol. The normalized spacial score (nSPS) is 9.77. The molecule has 0 radical (unpaired) electrons. The summed E-state index contributed by atoms with van der Waals surface area (Å²) in [6.45, 7) is 0. The molecule has 0 bridgehead atoms. The van der Waals surface area contributed by atoms with Gasteiger partial charge in [-0.3, -0.25) is 0 Å². The number of hydrogen-bond acceptors (Lipinski definition) is 3. The third kappa shape index (κ3) is 1.95. The summed E-state index contributed by atoms with van der Waals surface area (Å²) >= 11 is 4.20. The van der Waals surface area contributed by atoms with Crippen molar-refractivity contribution >= 4 is 24.3 Å². The van der Waals surface area contributed by atoms with Crippen LogP contribution in [0.1, 0.15) is 10.4 Å². The summed E-state index contributed by atoms with van der Waals surface area (Å²) in [6, 6.07) is 5.01. The Morgan fingerprint density at radius 1 is 1.46 bits per heavy atom. The SMILES string of the molecule is CN(C)c1c(S)cccc1C(=O)O. The molecular weight excluding hydrogens is 186 g/mol. The van der Waals surface area contributed by atoms with Crippen molar-refractivity contribution in [1.29, 1.82) is 0 Å². The fourth-order valence-corrected chi connectivity index (χ4v) is 1.58. The maximum absolute atomic E-state index is 10.8. The van der Waals surface area contributed by atoms with Gasteiger partial charge >= 0.3 is 5.97 Å². The van der Waals surface area contributed by atoms with Crippen molar-refractivity contribution in [3.8, 4) is 0 Å². The van der Waals surface area contributed by atoms with Crippen molar-refractivity contribution in [2.75, 3.05) is 19.0 Å². The number of benzene rings is 1. The fourth-order valence-electron chi connectivity index (χ4n) is 1.17. The first kappa shape index (κ1) is 9.92. The Morgan fingerprint density at radius 3 is 2.46 bits per heavy atom. The van der Waals surface area contributed by atoms with E-state index in [0.717, 1.165) is 0 Å². The Morgan fingerprint density at radius 2 is 2.08 bits per heavy atom. The Kier molecular flexibility index (Phi) is 2.83. The Hall–Kier alpha value is -1.16. The van der Waals surface area contributed by atoms with E-state index in [9.17, 15) is 4.79 Å². The summed E-state index contributed by atoms with van der Waals surface area (Å²) in [5, 5.41) is 8.88. The standard InChI is InChI=1S/C9H11NO2S/c1-10(2)8-6(9(11)12)4-3-5-7(8)13/h3-5,13H,1-2H3,(H,11,12). The first-order valence-corrected chi connectivity index (χ1v) is 4.21. The van der Waals surface area contributed by atoms with Gasteiger partial charge in [-0.1, -0.05) is 6.07 Å². The summed E-state index contributed by atoms with van der Waals surface area (Å²) < 4.78 is 0. The van der Waals surface area contributed by atoms with Gasteiger partial charge in [0.2, 0.25) is 0 Å². The number of thiol groups is 1. The summed E-state index contributed by atoms with van der Waals surface area (Å²) in [7, 11) is 3.59. The van der Waals surface area contributed by atoms with Crippen molar-refractivity contribution in [1.82, 2.24) is 0 Å². The topological polar surface area (TPSA) is 40.5 Å². The molecule has 0 amide bonds. The van der Waals surface area contributed by atoms with Crippen LogP contribution in [0, 0.1) is 0 Å². The van der Waals surface area contributed by atoms with Gasteiger partial charge in [-0.05, 0) is 12.1 Å². The van der Waals surface area contributed by atoms with Gasteiger partial charge in [0.15, 0.2) is 0 Å². The molecule has 0 aromatic heterocycles. The van der Waals surface area contributed by atoms with Gasteiger partial charge in [-0.2, -0.15) is 0 Å². The average Bonchev–Trinajstić information content (AvgIpc) is 2.02. The lowest BCUT2D eigenvalue weighted by Gasteiger charge is -2.17. The average molecular weight is 197 g/mol. The number of rotatable bonds is 2. The van der Waals surface area contributed by atoms with Crippen molar-refractivity contribution < 1.29 is 9.90 Å². The third-order valence-electron chi connectivity index (χ3n) is 1.69. The van der Waals surface area contributed by atoms with Crippen LogP contribution in [0.2, 0.25) is 0 Å². The number of carboxylic acids is 1. The second kappa shape index (κ2) is 3.70. The van der Waals surface area contributed by atoms with Crippen molar-refractivity contribution in [3.63, 3.8) is 0 Å². The van der Waals surface area contributed by atoms with E-state index in [0.29, 0.717) is 10.6 Å². The van der Waals surface area contributed by atoms with Crippen LogP contribution in [-0.4, -0.2) is 25.2 Å². The van der Waals surface area contributed by atoms with E-state index in [1.165, 1.54) is 0 Å². The minimum absolute atomic E-state index is 0.275. The third-order valence-corrected chi connectivity index (χ3v) is 2.05. The molecule has 1 N–H and O–H groups in total. The molecule has 1 aromatic rings. The molecule has 4 heteroatoms. The summed E-state index contributed by atoms with van der Waals surface area (Å²) in [5.74, 6) is -0.931. The smallest absolute Gasteiger partial charge is 0.337 e. The molecule has 0 atom stereocenters. The number of para-hydroxylation sites is 1. The van der Waals surface area contributed by atoms with E-state index in [4.69, 9.17) is 5.11 Å². The van der Waals surface area contributed by atoms with Crippen LogP contribution >= 0.6 is 12.6 Å². The summed E-state index contributed by atoms with van der Waals surface area (Å²) in [5.41, 5.74) is 0.913. The highest BCUT2D eigenvalue weighted by Crippen LogP contribution is 2.26. The number of carbonyl (C=O) groups is 1. The lowest BCUT2D eigenvalue weighted by molar-refractivity contribution is 0.0697. The molecule has 0 aliphatic heterocycles. The van der Waals surface area contributed by atoms with Gasteiger partial charge in [0.25, 0.3) is 0 Å². The molecule has 1 aromatic carbocycles. The van der Waals surface area contributed by atoms with E-state index in [1.54, 1.807) is 37.2 Å². The Balaban J connectivity index is 3.34. The first-order valence-electron chi connectivity index (χ1n) is 3.76. The number of anilines is 1. The van der Waals surface area contributed by atoms with E-state index in [-0.39, 0.29) is 5.56 Å². The van der Waals surface area contributed by atoms with Gasteiger partial charge < -0.3 is 10.0 Å². The monoisotopic (exact) mass is 197 g/mol. The number of carboxylic acid groups (broad SMARTS) is 1. The fraction of sp³-hybridized carbons (Fsp3) is 0.222. The zero-order valence-electron chi connectivity index (χ0n) is 7.48. The molecule has 0 heterocycles. The van der Waals surface area contributed by atoms with Gasteiger partial charge in [0.1, 0.15) is 0 Å². The molecule has 3 nitrogen and oxygen atoms in total. The summed E-state index contributed by atoms with van der Waals surface area (Å²) in [4.78, 5) is 13.2. The van der Waals surface area contributed by atoms with E-state index in [2.05, 4.69) is 12.6 Å². The minimum Gasteiger partial charge on any atom is -0.478 e. The Bertz CT molecular complexity index is 336. The van der Waals surface area contributed by atoms with Crippen LogP contribution in [0.4, 0.5) is 5.69 Å². The predicted octanol–water partition coefficient (Wildman–Crippen LogP) is 1.74. The maximum Gasteiger partial charge on any atom is 0.337 e. The van der Waals surface area contributed by atoms with Crippen LogP contribution in [0.25, 0.3) is 0 Å². The zero-order valence-corrected chi connectivity index (χ0v) is 8.38. The van der Waals surface area contributed by atoms with Crippen LogP contribution in [0.5, 0.6) is 0 Å². The van der Waals surface area contributed by atoms with Gasteiger partial charge in [0, 0.05) is 19.0 Å². The van der Waals surface area contributed by atoms with Crippen LogP contribution in [-0.2, 0) is 0 Å². The highest BCUT2D eigenvalue weighted by Gasteiger charge is 2.13. The molecule has 0 saturated heterocycles. The molecule has 0 saturated carbocycles. The lowest BCUT2D eigenvalue weighted by Crippen LogP contribution is -2.14. The van der Waals surface area contributed by atoms with Crippen LogP contribution in [0.15, 0.2) is 23.1 Å². The Labute approximate surface area is 82.4 Å². The second-order valence-corrected chi connectivity index (χ2v) is 3.35. The lowest BCUT2D eigenvalue weighted by atomic mass is 10.1. The van der Waals surface area contributed by atoms with E-state index >= 15 is 0 Å². The van der Waals surface area contributed by atoms with E-state index < -0.39 is 5.97 Å². The highest BCUT2D eigenvalue weighted by atomic mass is 32.1. The zero-order chi connectivity index (χ0) is 10.0. The number of aromatic carboxylic acids is 1. The van der Waals surface area contributed by atoms with Gasteiger partial charge in [-0.15, -0.1) is 12.6 Å². The molecule has 1 rings (SSSR count). The van der Waals surface area contributed by atoms with Crippen LogP contribution in [0.3, 0.4) is 0 Å². The second-order valence-electron chi connectivity index (χ2n) is 2.87. The van der Waals surface area contributed by atoms with Crippen molar-refractivity contribution in [2.45, 2.75) is 4.90 Å². The quantitative estimate of drug-likeness (QED) is 0.709. The molecule has 13 heavy (non-hydrogen) atoms. The highest BCUT2D eigenvalue weighted by molar-refractivity contribution is 7.80. The number of hydrogen-bond donors (Lipinski definition) is 2. The largest absolute Gasteiger partial charge is 0.478 e. The minimum atomic E-state index is -0.931. The first-order chi connectivity index (χ1) is 6.04. The van der Waals surface area contributed by atoms with Crippen molar-refractivity contribution in [2.24, 2.45) is 0 Å². The molecular formula is C9H11NO2S. The summed E-state index contributed by atoms with van der Waals surface area (Å²) in [6.07, 6.45) is 0. The van der Waals surface area contributed by atoms with E-state index in [1.807, 2.05) is 0 Å². The van der Waals surface area contributed by atoms with Crippen LogP contribution < -0.4 is 4.90 Å². The molecule has 0 unspecified atom stereocenters. The van der Waals surface area contributed by atoms with Gasteiger partial charge in [-0.25, -0.2) is 4.79 Å². The molecule has 0 aliphatic carbocycles. The van der Waals surface area contributed by atoms with Gasteiger partial charge in [0.05, 0.1) is 11.3 Å². The molecule has 0 aliphatic rings. The molecule has 70 valence electrons. The maximum atomic E-state index is 10.8. The molecule has 0 spiro atoms.